The van der Waals surface area contributed by atoms with Crippen molar-refractivity contribution in [2.24, 2.45) is 0 Å². The average molecular weight is 477 g/mol. The van der Waals surface area contributed by atoms with Gasteiger partial charge in [-0.1, -0.05) is 24.3 Å². The maximum atomic E-state index is 12.5. The first-order chi connectivity index (χ1) is 14.0. The Labute approximate surface area is 182 Å². The summed E-state index contributed by atoms with van der Waals surface area (Å²) >= 11 is 4.66. The lowest BCUT2D eigenvalue weighted by Crippen LogP contribution is -2.29. The summed E-state index contributed by atoms with van der Waals surface area (Å²) in [6.07, 6.45) is 2.09. The highest BCUT2D eigenvalue weighted by atomic mass is 79.9. The van der Waals surface area contributed by atoms with Gasteiger partial charge in [0.15, 0.2) is 6.61 Å². The minimum Gasteiger partial charge on any atom is -0.452 e. The number of esters is 1. The molecule has 0 radical (unpaired) electrons. The number of hydrogen-bond acceptors (Lipinski definition) is 5. The molecule has 1 aliphatic rings. The molecule has 3 rings (SSSR count). The second-order valence-electron chi connectivity index (χ2n) is 6.48. The minimum absolute atomic E-state index is 0.0727. The van der Waals surface area contributed by atoms with Crippen LogP contribution in [0.2, 0.25) is 0 Å². The van der Waals surface area contributed by atoms with Crippen LogP contribution in [0.4, 0.5) is 5.69 Å². The summed E-state index contributed by atoms with van der Waals surface area (Å²) in [5, 5.41) is 2.68. The molecule has 29 heavy (non-hydrogen) atoms. The van der Waals surface area contributed by atoms with Crippen LogP contribution in [-0.2, 0) is 14.3 Å². The number of anilines is 1. The molecule has 0 aromatic heterocycles. The summed E-state index contributed by atoms with van der Waals surface area (Å²) in [6.45, 7) is 1.21. The zero-order valence-electron chi connectivity index (χ0n) is 15.7. The number of hydrogen-bond donors (Lipinski definition) is 1. The van der Waals surface area contributed by atoms with Crippen LogP contribution in [0, 0.1) is 0 Å². The maximum Gasteiger partial charge on any atom is 0.339 e. The fourth-order valence-electron chi connectivity index (χ4n) is 2.92. The lowest BCUT2D eigenvalue weighted by molar-refractivity contribution is -0.127. The lowest BCUT2D eigenvalue weighted by Gasteiger charge is -2.15. The molecule has 6 nitrogen and oxygen atoms in total. The highest BCUT2D eigenvalue weighted by Crippen LogP contribution is 2.25. The van der Waals surface area contributed by atoms with E-state index in [4.69, 9.17) is 4.74 Å². The normalized spacial score (nSPS) is 13.2. The van der Waals surface area contributed by atoms with Crippen LogP contribution < -0.4 is 5.32 Å². The van der Waals surface area contributed by atoms with E-state index in [2.05, 4.69) is 21.2 Å². The number of ether oxygens (including phenoxy) is 1. The van der Waals surface area contributed by atoms with E-state index in [1.165, 1.54) is 11.8 Å². The number of benzene rings is 2. The van der Waals surface area contributed by atoms with Gasteiger partial charge in [0.1, 0.15) is 0 Å². The number of thioether (sulfide) groups is 1. The second kappa shape index (κ2) is 10.5. The Bertz CT molecular complexity index is 900. The molecule has 8 heteroatoms. The predicted octanol–water partition coefficient (Wildman–Crippen LogP) is 3.96. The Morgan fingerprint density at radius 2 is 1.72 bits per heavy atom. The maximum absolute atomic E-state index is 12.5. The van der Waals surface area contributed by atoms with Gasteiger partial charge in [0.2, 0.25) is 5.91 Å². The van der Waals surface area contributed by atoms with E-state index in [9.17, 15) is 14.4 Å². The standard InChI is InChI=1S/C21H21BrN2O4S/c22-16-8-2-3-9-17(16)23-19(25)13-28-21(27)15-7-1-4-10-18(15)29-14-20(26)24-11-5-6-12-24/h1-4,7-10H,5-6,11-14H2,(H,23,25). The number of halogens is 1. The Kier molecular flexibility index (Phi) is 7.71. The zero-order chi connectivity index (χ0) is 20.6. The van der Waals surface area contributed by atoms with Crippen molar-refractivity contribution in [2.45, 2.75) is 17.7 Å². The smallest absolute Gasteiger partial charge is 0.339 e. The van der Waals surface area contributed by atoms with Crippen molar-refractivity contribution < 1.29 is 19.1 Å². The van der Waals surface area contributed by atoms with Gasteiger partial charge < -0.3 is 15.0 Å². The lowest BCUT2D eigenvalue weighted by atomic mass is 10.2. The van der Waals surface area contributed by atoms with E-state index in [1.54, 1.807) is 42.5 Å². The summed E-state index contributed by atoms with van der Waals surface area (Å²) in [5.41, 5.74) is 0.949. The van der Waals surface area contributed by atoms with Crippen molar-refractivity contribution >= 4 is 51.2 Å². The number of para-hydroxylation sites is 1. The van der Waals surface area contributed by atoms with Crippen LogP contribution in [0.5, 0.6) is 0 Å². The number of rotatable bonds is 7. The van der Waals surface area contributed by atoms with Gasteiger partial charge in [-0.2, -0.15) is 0 Å². The van der Waals surface area contributed by atoms with Gasteiger partial charge in [0, 0.05) is 22.5 Å². The molecule has 1 N–H and O–H groups in total. The molecule has 0 unspecified atom stereocenters. The van der Waals surface area contributed by atoms with Crippen molar-refractivity contribution in [1.29, 1.82) is 0 Å². The molecular weight excluding hydrogens is 456 g/mol. The molecule has 152 valence electrons. The molecule has 2 amide bonds. The van der Waals surface area contributed by atoms with E-state index in [-0.39, 0.29) is 11.7 Å². The topological polar surface area (TPSA) is 75.7 Å². The third-order valence-electron chi connectivity index (χ3n) is 4.40. The monoisotopic (exact) mass is 476 g/mol. The molecule has 1 aliphatic heterocycles. The molecule has 0 aliphatic carbocycles. The van der Waals surface area contributed by atoms with Gasteiger partial charge >= 0.3 is 5.97 Å². The third-order valence-corrected chi connectivity index (χ3v) is 6.15. The van der Waals surface area contributed by atoms with Crippen LogP contribution in [-0.4, -0.2) is 48.1 Å². The molecule has 0 atom stereocenters. The molecular formula is C21H21BrN2O4S. The first kappa shape index (κ1) is 21.4. The Balaban J connectivity index is 1.54. The molecule has 0 saturated carbocycles. The largest absolute Gasteiger partial charge is 0.452 e. The molecule has 2 aromatic rings. The van der Waals surface area contributed by atoms with Crippen molar-refractivity contribution in [3.05, 3.63) is 58.6 Å². The third kappa shape index (κ3) is 6.08. The Morgan fingerprint density at radius 3 is 2.48 bits per heavy atom. The molecule has 0 bridgehead atoms. The molecule has 1 heterocycles. The summed E-state index contributed by atoms with van der Waals surface area (Å²) in [7, 11) is 0. The van der Waals surface area contributed by atoms with Crippen molar-refractivity contribution in [2.75, 3.05) is 30.8 Å². The molecule has 0 spiro atoms. The number of amides is 2. The number of nitrogens with zero attached hydrogens (tertiary/aromatic N) is 1. The van der Waals surface area contributed by atoms with Gasteiger partial charge in [-0.25, -0.2) is 4.79 Å². The van der Waals surface area contributed by atoms with Crippen molar-refractivity contribution in [1.82, 2.24) is 4.90 Å². The van der Waals surface area contributed by atoms with Gasteiger partial charge in [-0.3, -0.25) is 9.59 Å². The zero-order valence-corrected chi connectivity index (χ0v) is 18.1. The summed E-state index contributed by atoms with van der Waals surface area (Å²) < 4.78 is 5.91. The SMILES string of the molecule is O=C(COC(=O)c1ccccc1SCC(=O)N1CCCC1)Nc1ccccc1Br. The van der Waals surface area contributed by atoms with Gasteiger partial charge in [-0.05, 0) is 53.0 Å². The number of carbonyl (C=O) groups excluding carboxylic acids is 3. The average Bonchev–Trinajstić information content (AvgIpc) is 3.27. The summed E-state index contributed by atoms with van der Waals surface area (Å²) in [6, 6.07) is 14.1. The van der Waals surface area contributed by atoms with Crippen molar-refractivity contribution in [3.8, 4) is 0 Å². The van der Waals surface area contributed by atoms with Crippen LogP contribution in [0.25, 0.3) is 0 Å². The van der Waals surface area contributed by atoms with Crippen LogP contribution in [0.15, 0.2) is 57.9 Å². The number of likely N-dealkylation sites (tertiary alicyclic amines) is 1. The van der Waals surface area contributed by atoms with E-state index in [0.29, 0.717) is 16.1 Å². The van der Waals surface area contributed by atoms with E-state index >= 15 is 0 Å². The Hall–Kier alpha value is -2.32. The molecule has 1 saturated heterocycles. The van der Waals surface area contributed by atoms with Crippen LogP contribution in [0.3, 0.4) is 0 Å². The van der Waals surface area contributed by atoms with Crippen LogP contribution in [0.1, 0.15) is 23.2 Å². The highest BCUT2D eigenvalue weighted by molar-refractivity contribution is 9.10. The van der Waals surface area contributed by atoms with Gasteiger partial charge in [0.05, 0.1) is 17.0 Å². The highest BCUT2D eigenvalue weighted by Gasteiger charge is 2.20. The first-order valence-electron chi connectivity index (χ1n) is 9.25. The summed E-state index contributed by atoms with van der Waals surface area (Å²) in [4.78, 5) is 39.3. The number of nitrogens with one attached hydrogen (secondary N) is 1. The molecule has 1 fully saturated rings. The van der Waals surface area contributed by atoms with E-state index < -0.39 is 18.5 Å². The van der Waals surface area contributed by atoms with Gasteiger partial charge in [0.25, 0.3) is 5.91 Å². The Morgan fingerprint density at radius 1 is 1.03 bits per heavy atom. The van der Waals surface area contributed by atoms with Gasteiger partial charge in [-0.15, -0.1) is 11.8 Å². The minimum atomic E-state index is -0.594. The van der Waals surface area contributed by atoms with E-state index in [0.717, 1.165) is 30.4 Å². The van der Waals surface area contributed by atoms with Crippen LogP contribution >= 0.6 is 27.7 Å². The fourth-order valence-corrected chi connectivity index (χ4v) is 4.24. The van der Waals surface area contributed by atoms with E-state index in [1.807, 2.05) is 11.0 Å². The predicted molar refractivity (Wildman–Crippen MR) is 116 cm³/mol. The van der Waals surface area contributed by atoms with Crippen molar-refractivity contribution in [3.63, 3.8) is 0 Å². The molecule has 2 aromatic carbocycles. The quantitative estimate of drug-likeness (QED) is 0.483. The number of carbonyl (C=O) groups is 3. The second-order valence-corrected chi connectivity index (χ2v) is 8.35. The fraction of sp³-hybridized carbons (Fsp3) is 0.286. The first-order valence-corrected chi connectivity index (χ1v) is 11.0. The summed E-state index contributed by atoms with van der Waals surface area (Å²) in [5.74, 6) is -0.681.